The lowest BCUT2D eigenvalue weighted by Gasteiger charge is -2.19. The molecule has 0 saturated heterocycles. The van der Waals surface area contributed by atoms with Crippen LogP contribution < -0.4 is 4.74 Å². The minimum Gasteiger partial charge on any atom is -0.493 e. The number of benzene rings is 2. The average molecular weight is 360 g/mol. The number of carbonyl (C=O) groups is 1. The summed E-state index contributed by atoms with van der Waals surface area (Å²) in [4.78, 5) is 12.2. The van der Waals surface area contributed by atoms with Gasteiger partial charge in [-0.3, -0.25) is 0 Å². The molecule has 4 rings (SSSR count). The normalized spacial score (nSPS) is 13.1. The van der Waals surface area contributed by atoms with Crippen LogP contribution in [0.5, 0.6) is 5.75 Å². The van der Waals surface area contributed by atoms with Crippen molar-refractivity contribution in [3.8, 4) is 17.5 Å². The van der Waals surface area contributed by atoms with Crippen molar-refractivity contribution >= 4 is 16.9 Å². The Balaban J connectivity index is 1.75. The van der Waals surface area contributed by atoms with Crippen molar-refractivity contribution in [2.45, 2.75) is 32.8 Å². The van der Waals surface area contributed by atoms with Gasteiger partial charge in [0.1, 0.15) is 17.4 Å². The van der Waals surface area contributed by atoms with Gasteiger partial charge in [-0.25, -0.2) is 4.79 Å². The van der Waals surface area contributed by atoms with E-state index >= 15 is 0 Å². The lowest BCUT2D eigenvalue weighted by Crippen LogP contribution is -2.23. The highest BCUT2D eigenvalue weighted by molar-refractivity contribution is 5.93. The Morgan fingerprint density at radius 3 is 2.59 bits per heavy atom. The highest BCUT2D eigenvalue weighted by Crippen LogP contribution is 2.36. The first kappa shape index (κ1) is 17.2. The van der Waals surface area contributed by atoms with Crippen molar-refractivity contribution in [3.63, 3.8) is 0 Å². The first-order valence-corrected chi connectivity index (χ1v) is 8.91. The predicted molar refractivity (Wildman–Crippen MR) is 102 cm³/mol. The highest BCUT2D eigenvalue weighted by atomic mass is 16.6. The number of rotatable bonds is 2. The van der Waals surface area contributed by atoms with Crippen molar-refractivity contribution in [3.05, 3.63) is 59.3 Å². The van der Waals surface area contributed by atoms with Crippen LogP contribution in [-0.4, -0.2) is 22.7 Å². The first-order chi connectivity index (χ1) is 12.9. The maximum absolute atomic E-state index is 12.2. The quantitative estimate of drug-likeness (QED) is 0.636. The SMILES string of the molecule is CC(C)(C)OC(=O)c1ccc(-n2cc(C#N)c3c4c(ccc32)OCC4)cc1. The Kier molecular flexibility index (Phi) is 3.92. The Hall–Kier alpha value is -3.26. The van der Waals surface area contributed by atoms with E-state index in [2.05, 4.69) is 6.07 Å². The summed E-state index contributed by atoms with van der Waals surface area (Å²) in [6.45, 7) is 6.18. The molecule has 0 saturated carbocycles. The second-order valence-electron chi connectivity index (χ2n) is 7.61. The molecule has 5 heteroatoms. The summed E-state index contributed by atoms with van der Waals surface area (Å²) in [6.07, 6.45) is 2.65. The van der Waals surface area contributed by atoms with Crippen LogP contribution in [0.1, 0.15) is 42.3 Å². The summed E-state index contributed by atoms with van der Waals surface area (Å²) in [6, 6.07) is 13.4. The summed E-state index contributed by atoms with van der Waals surface area (Å²) in [7, 11) is 0. The number of nitriles is 1. The van der Waals surface area contributed by atoms with Crippen molar-refractivity contribution in [1.82, 2.24) is 4.57 Å². The van der Waals surface area contributed by atoms with Gasteiger partial charge in [0.05, 0.1) is 23.3 Å². The molecule has 1 aliphatic rings. The number of esters is 1. The molecule has 0 bridgehead atoms. The lowest BCUT2D eigenvalue weighted by molar-refractivity contribution is 0.00695. The summed E-state index contributed by atoms with van der Waals surface area (Å²) in [5.41, 5.74) is 3.53. The maximum Gasteiger partial charge on any atom is 0.338 e. The topological polar surface area (TPSA) is 64.2 Å². The van der Waals surface area contributed by atoms with Gasteiger partial charge in [-0.2, -0.15) is 5.26 Å². The monoisotopic (exact) mass is 360 g/mol. The molecule has 1 aliphatic heterocycles. The Morgan fingerprint density at radius 2 is 1.93 bits per heavy atom. The summed E-state index contributed by atoms with van der Waals surface area (Å²) >= 11 is 0. The van der Waals surface area contributed by atoms with Crippen LogP contribution in [-0.2, 0) is 11.2 Å². The van der Waals surface area contributed by atoms with E-state index in [1.807, 2.05) is 55.8 Å². The van der Waals surface area contributed by atoms with E-state index in [0.717, 1.165) is 34.3 Å². The molecule has 27 heavy (non-hydrogen) atoms. The van der Waals surface area contributed by atoms with Crippen molar-refractivity contribution in [2.24, 2.45) is 0 Å². The number of carbonyl (C=O) groups excluding carboxylic acids is 1. The van der Waals surface area contributed by atoms with Gasteiger partial charge in [-0.05, 0) is 57.2 Å². The van der Waals surface area contributed by atoms with Crippen LogP contribution in [0.2, 0.25) is 0 Å². The van der Waals surface area contributed by atoms with Gasteiger partial charge >= 0.3 is 5.97 Å². The fourth-order valence-corrected chi connectivity index (χ4v) is 3.42. The van der Waals surface area contributed by atoms with Crippen LogP contribution in [0, 0.1) is 11.3 Å². The minimum absolute atomic E-state index is 0.348. The summed E-state index contributed by atoms with van der Waals surface area (Å²) in [5, 5.41) is 10.5. The smallest absolute Gasteiger partial charge is 0.338 e. The largest absolute Gasteiger partial charge is 0.493 e. The van der Waals surface area contributed by atoms with E-state index in [0.29, 0.717) is 17.7 Å². The molecule has 1 aromatic heterocycles. The number of fused-ring (bicyclic) bond motifs is 3. The second kappa shape index (κ2) is 6.17. The van der Waals surface area contributed by atoms with Crippen LogP contribution >= 0.6 is 0 Å². The minimum atomic E-state index is -0.531. The molecule has 0 amide bonds. The first-order valence-electron chi connectivity index (χ1n) is 8.91. The molecule has 2 aromatic carbocycles. The number of hydrogen-bond donors (Lipinski definition) is 0. The molecule has 0 atom stereocenters. The number of hydrogen-bond acceptors (Lipinski definition) is 4. The second-order valence-corrected chi connectivity index (χ2v) is 7.61. The molecule has 0 fully saturated rings. The van der Waals surface area contributed by atoms with Gasteiger partial charge in [-0.1, -0.05) is 0 Å². The third-order valence-electron chi connectivity index (χ3n) is 4.55. The van der Waals surface area contributed by atoms with Gasteiger partial charge in [0.25, 0.3) is 0 Å². The summed E-state index contributed by atoms with van der Waals surface area (Å²) < 4.78 is 13.0. The average Bonchev–Trinajstić information content (AvgIpc) is 3.24. The van der Waals surface area contributed by atoms with Crippen LogP contribution in [0.4, 0.5) is 0 Å². The van der Waals surface area contributed by atoms with Crippen molar-refractivity contribution in [2.75, 3.05) is 6.61 Å². The number of aromatic nitrogens is 1. The van der Waals surface area contributed by atoms with Crippen LogP contribution in [0.25, 0.3) is 16.6 Å². The van der Waals surface area contributed by atoms with E-state index in [1.165, 1.54) is 0 Å². The molecule has 0 radical (unpaired) electrons. The molecule has 3 aromatic rings. The van der Waals surface area contributed by atoms with E-state index < -0.39 is 5.60 Å². The van der Waals surface area contributed by atoms with Gasteiger partial charge in [0, 0.05) is 29.3 Å². The molecule has 0 spiro atoms. The van der Waals surface area contributed by atoms with E-state index in [1.54, 1.807) is 12.1 Å². The predicted octanol–water partition coefficient (Wildman–Crippen LogP) is 4.39. The molecule has 0 unspecified atom stereocenters. The fourth-order valence-electron chi connectivity index (χ4n) is 3.42. The Morgan fingerprint density at radius 1 is 1.19 bits per heavy atom. The third kappa shape index (κ3) is 3.04. The zero-order valence-corrected chi connectivity index (χ0v) is 15.6. The molecule has 5 nitrogen and oxygen atoms in total. The highest BCUT2D eigenvalue weighted by Gasteiger charge is 2.21. The molecule has 2 heterocycles. The van der Waals surface area contributed by atoms with Gasteiger partial charge in [-0.15, -0.1) is 0 Å². The summed E-state index contributed by atoms with van der Waals surface area (Å²) in [5.74, 6) is 0.510. The lowest BCUT2D eigenvalue weighted by atomic mass is 10.0. The van der Waals surface area contributed by atoms with E-state index in [4.69, 9.17) is 9.47 Å². The zero-order chi connectivity index (χ0) is 19.2. The zero-order valence-electron chi connectivity index (χ0n) is 15.6. The van der Waals surface area contributed by atoms with Crippen LogP contribution in [0.3, 0.4) is 0 Å². The number of nitrogens with zero attached hydrogens (tertiary/aromatic N) is 2. The standard InChI is InChI=1S/C22H20N2O3/c1-22(2,3)27-21(25)14-4-6-16(7-5-14)24-13-15(12-23)20-17-10-11-26-19(17)9-8-18(20)24/h4-9,13H,10-11H2,1-3H3. The number of ether oxygens (including phenoxy) is 2. The van der Waals surface area contributed by atoms with Gasteiger partial charge in [0.2, 0.25) is 0 Å². The molecule has 136 valence electrons. The van der Waals surface area contributed by atoms with E-state index in [-0.39, 0.29) is 5.97 Å². The molecule has 0 aliphatic carbocycles. The van der Waals surface area contributed by atoms with Crippen molar-refractivity contribution < 1.29 is 14.3 Å². The van der Waals surface area contributed by atoms with Crippen LogP contribution in [0.15, 0.2) is 42.6 Å². The Labute approximate surface area is 157 Å². The Bertz CT molecular complexity index is 1080. The van der Waals surface area contributed by atoms with E-state index in [9.17, 15) is 10.1 Å². The van der Waals surface area contributed by atoms with Gasteiger partial charge in [0.15, 0.2) is 0 Å². The maximum atomic E-state index is 12.2. The molecular weight excluding hydrogens is 340 g/mol. The van der Waals surface area contributed by atoms with Gasteiger partial charge < -0.3 is 14.0 Å². The van der Waals surface area contributed by atoms with Crippen molar-refractivity contribution in [1.29, 1.82) is 5.26 Å². The fraction of sp³-hybridized carbons (Fsp3) is 0.273. The molecular formula is C22H20N2O3. The molecule has 0 N–H and O–H groups in total. The third-order valence-corrected chi connectivity index (χ3v) is 4.55.